The molecule has 0 bridgehead atoms. The van der Waals surface area contributed by atoms with Gasteiger partial charge in [0.1, 0.15) is 0 Å². The fourth-order valence-corrected chi connectivity index (χ4v) is 3.52. The number of ketones is 2. The van der Waals surface area contributed by atoms with E-state index in [1.165, 1.54) is 0 Å². The fraction of sp³-hybridized carbons (Fsp3) is 0.304. The molecule has 1 aliphatic carbocycles. The predicted molar refractivity (Wildman–Crippen MR) is 113 cm³/mol. The van der Waals surface area contributed by atoms with Crippen LogP contribution >= 0.6 is 0 Å². The van der Waals surface area contributed by atoms with E-state index in [0.29, 0.717) is 21.7 Å². The maximum atomic E-state index is 13.0. The third-order valence-corrected chi connectivity index (χ3v) is 4.67. The van der Waals surface area contributed by atoms with Gasteiger partial charge in [-0.2, -0.15) is 0 Å². The Morgan fingerprint density at radius 1 is 0.833 bits per heavy atom. The maximum Gasteiger partial charge on any atom is 0.279 e. The van der Waals surface area contributed by atoms with Gasteiger partial charge in [0.15, 0.2) is 24.7 Å². The van der Waals surface area contributed by atoms with E-state index in [-0.39, 0.29) is 53.1 Å². The van der Waals surface area contributed by atoms with E-state index < -0.39 is 0 Å². The topological polar surface area (TPSA) is 96.8 Å². The third kappa shape index (κ3) is 4.63. The molecular weight excluding hydrogens is 382 g/mol. The monoisotopic (exact) mass is 408 g/mol. The van der Waals surface area contributed by atoms with Crippen molar-refractivity contribution in [1.82, 2.24) is 5.32 Å². The summed E-state index contributed by atoms with van der Waals surface area (Å²) in [4.78, 5) is 51.1. The number of hydrogen-bond donors (Lipinski definition) is 3. The molecule has 2 amide bonds. The van der Waals surface area contributed by atoms with Gasteiger partial charge in [0, 0.05) is 22.2 Å². The van der Waals surface area contributed by atoms with Gasteiger partial charge in [0.25, 0.3) is 11.8 Å². The van der Waals surface area contributed by atoms with Crippen molar-refractivity contribution < 1.29 is 24.1 Å². The molecule has 0 fully saturated rings. The average Bonchev–Trinajstić information content (AvgIpc) is 2.64. The molecule has 156 valence electrons. The molecule has 0 aliphatic heterocycles. The molecule has 0 aromatic heterocycles. The van der Waals surface area contributed by atoms with Crippen molar-refractivity contribution in [2.24, 2.45) is 0 Å². The second-order valence-corrected chi connectivity index (χ2v) is 8.59. The molecule has 0 saturated heterocycles. The quantitative estimate of drug-likeness (QED) is 0.583. The van der Waals surface area contributed by atoms with E-state index in [0.717, 1.165) is 0 Å². The summed E-state index contributed by atoms with van der Waals surface area (Å²) in [6.45, 7) is 5.86. The van der Waals surface area contributed by atoms with Crippen molar-refractivity contribution in [3.05, 3.63) is 64.7 Å². The van der Waals surface area contributed by atoms with Crippen molar-refractivity contribution in [2.75, 3.05) is 25.5 Å². The van der Waals surface area contributed by atoms with Crippen molar-refractivity contribution in [1.29, 1.82) is 0 Å². The van der Waals surface area contributed by atoms with E-state index in [9.17, 15) is 19.2 Å². The lowest BCUT2D eigenvalue weighted by atomic mass is 9.83. The number of amides is 2. The first-order valence-corrected chi connectivity index (χ1v) is 9.80. The van der Waals surface area contributed by atoms with Gasteiger partial charge in [-0.25, -0.2) is 0 Å². The molecule has 0 spiro atoms. The Kier molecular flexibility index (Phi) is 5.85. The van der Waals surface area contributed by atoms with Crippen LogP contribution < -0.4 is 15.5 Å². The molecule has 7 heteroatoms. The van der Waals surface area contributed by atoms with Crippen molar-refractivity contribution in [2.45, 2.75) is 26.3 Å². The molecule has 1 atom stereocenters. The summed E-state index contributed by atoms with van der Waals surface area (Å²) in [5.74, 6) is -1.02. The van der Waals surface area contributed by atoms with Gasteiger partial charge in [-0.3, -0.25) is 19.2 Å². The summed E-state index contributed by atoms with van der Waals surface area (Å²) in [6.07, 6.45) is 0. The molecule has 1 aliphatic rings. The number of carbonyl (C=O) groups excluding carboxylic acids is 4. The van der Waals surface area contributed by atoms with Crippen LogP contribution in [0.4, 0.5) is 5.69 Å². The van der Waals surface area contributed by atoms with Crippen LogP contribution in [0.3, 0.4) is 0 Å². The first-order valence-electron chi connectivity index (χ1n) is 9.80. The Balaban J connectivity index is 1.74. The highest BCUT2D eigenvalue weighted by molar-refractivity contribution is 6.30. The molecule has 0 radical (unpaired) electrons. The van der Waals surface area contributed by atoms with E-state index in [1.54, 1.807) is 49.5 Å². The highest BCUT2D eigenvalue weighted by atomic mass is 16.2. The lowest BCUT2D eigenvalue weighted by Crippen LogP contribution is -3.11. The normalized spacial score (nSPS) is 13.9. The number of nitrogens with one attached hydrogen (secondary N) is 3. The molecule has 1 unspecified atom stereocenters. The molecule has 2 aromatic carbocycles. The number of quaternary nitrogens is 1. The van der Waals surface area contributed by atoms with Gasteiger partial charge in [-0.15, -0.1) is 0 Å². The Morgan fingerprint density at radius 2 is 1.40 bits per heavy atom. The summed E-state index contributed by atoms with van der Waals surface area (Å²) in [7, 11) is 1.74. The van der Waals surface area contributed by atoms with Gasteiger partial charge in [0.2, 0.25) is 0 Å². The molecule has 3 N–H and O–H groups in total. The van der Waals surface area contributed by atoms with Gasteiger partial charge in [-0.05, 0) is 26.8 Å². The lowest BCUT2D eigenvalue weighted by Gasteiger charge is -2.22. The van der Waals surface area contributed by atoms with Gasteiger partial charge < -0.3 is 15.5 Å². The van der Waals surface area contributed by atoms with Crippen LogP contribution in [0.1, 0.15) is 52.6 Å². The highest BCUT2D eigenvalue weighted by Gasteiger charge is 2.31. The zero-order chi connectivity index (χ0) is 22.1. The molecule has 30 heavy (non-hydrogen) atoms. The van der Waals surface area contributed by atoms with E-state index in [4.69, 9.17) is 0 Å². The van der Waals surface area contributed by atoms with Gasteiger partial charge in [0.05, 0.1) is 18.3 Å². The SMILES string of the molecule is C[NH+](CC(=O)Nc1cccc2c1C(=O)c1ccccc1C2=O)CC(=O)NC(C)(C)C. The van der Waals surface area contributed by atoms with Crippen molar-refractivity contribution >= 4 is 29.1 Å². The highest BCUT2D eigenvalue weighted by Crippen LogP contribution is 2.31. The fourth-order valence-electron chi connectivity index (χ4n) is 3.52. The van der Waals surface area contributed by atoms with Crippen LogP contribution in [-0.4, -0.2) is 49.1 Å². The first-order chi connectivity index (χ1) is 14.1. The van der Waals surface area contributed by atoms with Gasteiger partial charge >= 0.3 is 0 Å². The summed E-state index contributed by atoms with van der Waals surface area (Å²) in [5, 5.41) is 5.60. The second-order valence-electron chi connectivity index (χ2n) is 8.59. The van der Waals surface area contributed by atoms with E-state index >= 15 is 0 Å². The zero-order valence-electron chi connectivity index (χ0n) is 17.6. The largest absolute Gasteiger partial charge is 0.347 e. The minimum Gasteiger partial charge on any atom is -0.347 e. The number of likely N-dealkylation sites (N-methyl/N-ethyl adjacent to an activating group) is 1. The Labute approximate surface area is 175 Å². The summed E-state index contributed by atoms with van der Waals surface area (Å²) < 4.78 is 0. The summed E-state index contributed by atoms with van der Waals surface area (Å²) in [6, 6.07) is 11.5. The number of rotatable bonds is 5. The van der Waals surface area contributed by atoms with Crippen LogP contribution in [0.5, 0.6) is 0 Å². The lowest BCUT2D eigenvalue weighted by molar-refractivity contribution is -0.862. The molecule has 2 aromatic rings. The van der Waals surface area contributed by atoms with Crippen molar-refractivity contribution in [3.8, 4) is 0 Å². The molecular formula is C23H26N3O4+. The zero-order valence-corrected chi connectivity index (χ0v) is 17.6. The van der Waals surface area contributed by atoms with Crippen LogP contribution in [0.25, 0.3) is 0 Å². The van der Waals surface area contributed by atoms with Crippen molar-refractivity contribution in [3.63, 3.8) is 0 Å². The van der Waals surface area contributed by atoms with E-state index in [1.807, 2.05) is 20.8 Å². The maximum absolute atomic E-state index is 13.0. The van der Waals surface area contributed by atoms with Crippen LogP contribution in [0.15, 0.2) is 42.5 Å². The van der Waals surface area contributed by atoms with Crippen LogP contribution in [0.2, 0.25) is 0 Å². The summed E-state index contributed by atoms with van der Waals surface area (Å²) in [5.41, 5.74) is 1.15. The second kappa shape index (κ2) is 8.20. The standard InChI is InChI=1S/C23H25N3O4/c1-23(2,3)25-19(28)13-26(4)12-18(27)24-17-11-7-10-16-20(17)22(30)15-9-6-5-8-14(15)21(16)29/h5-11H,12-13H2,1-4H3,(H,24,27)(H,25,28)/p+1. The minimum atomic E-state index is -0.344. The Bertz CT molecular complexity index is 1040. The molecule has 3 rings (SSSR count). The number of hydrogen-bond acceptors (Lipinski definition) is 4. The molecule has 0 saturated carbocycles. The minimum absolute atomic E-state index is 0.0416. The average molecular weight is 408 g/mol. The molecule has 0 heterocycles. The number of anilines is 1. The first kappa shape index (κ1) is 21.4. The Morgan fingerprint density at radius 3 is 2.03 bits per heavy atom. The Hall–Kier alpha value is -3.32. The van der Waals surface area contributed by atoms with Gasteiger partial charge in [-0.1, -0.05) is 36.4 Å². The summed E-state index contributed by atoms with van der Waals surface area (Å²) >= 11 is 0. The number of fused-ring (bicyclic) bond motifs is 2. The van der Waals surface area contributed by atoms with Crippen LogP contribution in [0, 0.1) is 0 Å². The number of carbonyl (C=O) groups is 4. The number of benzene rings is 2. The molecule has 7 nitrogen and oxygen atoms in total. The predicted octanol–water partition coefficient (Wildman–Crippen LogP) is 0.830. The van der Waals surface area contributed by atoms with E-state index in [2.05, 4.69) is 10.6 Å². The third-order valence-electron chi connectivity index (χ3n) is 4.67. The van der Waals surface area contributed by atoms with Crippen LogP contribution in [-0.2, 0) is 9.59 Å². The smallest absolute Gasteiger partial charge is 0.279 e.